The van der Waals surface area contributed by atoms with Gasteiger partial charge in [-0.25, -0.2) is 8.78 Å². The van der Waals surface area contributed by atoms with Crippen LogP contribution in [0.15, 0.2) is 258 Å². The molecule has 0 unspecified atom stereocenters. The van der Waals surface area contributed by atoms with Crippen LogP contribution >= 0.6 is 0 Å². The lowest BCUT2D eigenvalue weighted by Gasteiger charge is -2.40. The van der Waals surface area contributed by atoms with Crippen molar-refractivity contribution in [3.8, 4) is 16.8 Å². The number of aromatic nitrogens is 1. The van der Waals surface area contributed by atoms with E-state index in [4.69, 9.17) is 8.83 Å². The summed E-state index contributed by atoms with van der Waals surface area (Å²) in [4.78, 5) is 4.74. The van der Waals surface area contributed by atoms with Crippen LogP contribution in [0.25, 0.3) is 104 Å². The molecule has 0 N–H and O–H groups in total. The van der Waals surface area contributed by atoms with Crippen molar-refractivity contribution in [3.05, 3.63) is 283 Å². The molecule has 0 saturated heterocycles. The van der Waals surface area contributed by atoms with Crippen LogP contribution in [0, 0.1) is 11.6 Å². The fraction of sp³-hybridized carbons (Fsp3) is 0.0864. The summed E-state index contributed by atoms with van der Waals surface area (Å²) in [6, 6.07) is 88.7. The average molecular weight is 1200 g/mol. The van der Waals surface area contributed by atoms with Gasteiger partial charge in [-0.2, -0.15) is 0 Å². The SMILES string of the molecule is C[Si](C)(C)c1ccc(N(c2cc3c(c4ccccc24)-c2c(cc(N(c4ccc([Si](C)(C)C)cc4)c4cccc5c4oc4c(F)cccc45)c4ccccc24)C32c3ccccc3-n3c4ccccc4c4cccc2c43)c2cccc3c2oc2c(F)cccc23)cc1. The van der Waals surface area contributed by atoms with Gasteiger partial charge in [0.1, 0.15) is 0 Å². The number of fused-ring (bicyclic) bond motifs is 22. The zero-order valence-electron chi connectivity index (χ0n) is 50.6. The predicted molar refractivity (Wildman–Crippen MR) is 376 cm³/mol. The molecule has 0 atom stereocenters. The van der Waals surface area contributed by atoms with Crippen LogP contribution in [-0.4, -0.2) is 20.7 Å². The largest absolute Gasteiger partial charge is 0.451 e. The summed E-state index contributed by atoms with van der Waals surface area (Å²) < 4.78 is 48.3. The molecular formula is C81H59F2N3O2Si2. The number of furan rings is 2. The van der Waals surface area contributed by atoms with E-state index >= 15 is 8.78 Å². The summed E-state index contributed by atoms with van der Waals surface area (Å²) in [7, 11) is -3.51. The molecule has 3 aromatic heterocycles. The van der Waals surface area contributed by atoms with Crippen molar-refractivity contribution < 1.29 is 17.6 Å². The molecule has 5 nitrogen and oxygen atoms in total. The molecule has 0 bridgehead atoms. The molecule has 0 amide bonds. The molecule has 90 heavy (non-hydrogen) atoms. The van der Waals surface area contributed by atoms with Gasteiger partial charge in [0, 0.05) is 54.5 Å². The highest BCUT2D eigenvalue weighted by Crippen LogP contribution is 2.66. The van der Waals surface area contributed by atoms with Crippen LogP contribution in [0.1, 0.15) is 22.3 Å². The van der Waals surface area contributed by atoms with E-state index in [0.717, 1.165) is 122 Å². The first-order valence-corrected chi connectivity index (χ1v) is 38.0. The second-order valence-electron chi connectivity index (χ2n) is 26.6. The topological polar surface area (TPSA) is 37.7 Å². The van der Waals surface area contributed by atoms with Crippen molar-refractivity contribution >= 4 is 148 Å². The molecule has 16 aromatic rings. The number of benzene rings is 13. The molecule has 1 spiro atoms. The van der Waals surface area contributed by atoms with E-state index in [2.05, 4.69) is 254 Å². The summed E-state index contributed by atoms with van der Waals surface area (Å²) in [6.07, 6.45) is 0. The van der Waals surface area contributed by atoms with Crippen molar-refractivity contribution in [3.63, 3.8) is 0 Å². The summed E-state index contributed by atoms with van der Waals surface area (Å²) in [5, 5.41) is 12.5. The standard InChI is InChI=1S/C81H59F2N3O2Si2/c1-89(2,3)50-42-38-48(39-43-50)84(70-36-18-28-60-58-26-16-32-66(82)77(58)87-79(60)70)72-46-64-74(55-23-9-7-20-52(55)72)75-56-24-10-8-21-53(56)73(47-65(75)81(64)62-30-12-14-35-69(62)86-68-34-13-11-22-54(68)57-25-15-31-63(81)76(57)86)85(49-40-44-51(45-41-49)90(4,5)6)71-37-19-29-61-59-27-17-33-67(83)78(59)88-80(61)71/h7-47H,1-6H3. The minimum absolute atomic E-state index is 0.233. The van der Waals surface area contributed by atoms with Crippen LogP contribution in [0.2, 0.25) is 39.3 Å². The molecule has 18 rings (SSSR count). The third kappa shape index (κ3) is 7.21. The van der Waals surface area contributed by atoms with Gasteiger partial charge in [-0.3, -0.25) is 0 Å². The maximum atomic E-state index is 16.1. The Kier molecular flexibility index (Phi) is 11.1. The third-order valence-corrected chi connectivity index (χ3v) is 23.7. The Morgan fingerprint density at radius 2 is 0.722 bits per heavy atom. The summed E-state index contributed by atoms with van der Waals surface area (Å²) >= 11 is 0. The van der Waals surface area contributed by atoms with E-state index in [1.54, 1.807) is 12.1 Å². The molecule has 432 valence electrons. The molecular weight excluding hydrogens is 1140 g/mol. The van der Waals surface area contributed by atoms with Gasteiger partial charge in [0.25, 0.3) is 0 Å². The molecule has 2 aliphatic rings. The van der Waals surface area contributed by atoms with E-state index in [0.29, 0.717) is 11.2 Å². The highest BCUT2D eigenvalue weighted by molar-refractivity contribution is 6.89. The van der Waals surface area contributed by atoms with Crippen molar-refractivity contribution in [1.29, 1.82) is 0 Å². The minimum Gasteiger partial charge on any atom is -0.451 e. The number of rotatable bonds is 8. The van der Waals surface area contributed by atoms with Crippen LogP contribution in [0.4, 0.5) is 42.9 Å². The van der Waals surface area contributed by atoms with Crippen LogP contribution in [0.3, 0.4) is 0 Å². The Balaban J connectivity index is 1.02. The fourth-order valence-electron chi connectivity index (χ4n) is 15.6. The highest BCUT2D eigenvalue weighted by Gasteiger charge is 2.53. The van der Waals surface area contributed by atoms with Gasteiger partial charge in [-0.1, -0.05) is 226 Å². The van der Waals surface area contributed by atoms with Crippen molar-refractivity contribution in [2.75, 3.05) is 9.80 Å². The van der Waals surface area contributed by atoms with Crippen molar-refractivity contribution in [2.24, 2.45) is 0 Å². The Morgan fingerprint density at radius 3 is 1.22 bits per heavy atom. The van der Waals surface area contributed by atoms with Gasteiger partial charge in [0.05, 0.1) is 61.0 Å². The van der Waals surface area contributed by atoms with Crippen LogP contribution in [-0.2, 0) is 5.41 Å². The summed E-state index contributed by atoms with van der Waals surface area (Å²) in [6.45, 7) is 14.3. The van der Waals surface area contributed by atoms with Gasteiger partial charge < -0.3 is 23.2 Å². The average Bonchev–Trinajstić information content (AvgIpc) is 1.48. The molecule has 0 saturated carbocycles. The molecule has 1 aliphatic carbocycles. The highest BCUT2D eigenvalue weighted by atomic mass is 28.3. The third-order valence-electron chi connectivity index (χ3n) is 19.6. The number of anilines is 6. The molecule has 1 aliphatic heterocycles. The lowest BCUT2D eigenvalue weighted by atomic mass is 9.65. The summed E-state index contributed by atoms with van der Waals surface area (Å²) in [5.74, 6) is -0.800. The van der Waals surface area contributed by atoms with E-state index in [-0.39, 0.29) is 11.2 Å². The molecule has 0 fully saturated rings. The Morgan fingerprint density at radius 1 is 0.333 bits per heavy atom. The fourth-order valence-corrected chi connectivity index (χ4v) is 17.9. The molecule has 0 radical (unpaired) electrons. The first kappa shape index (κ1) is 52.8. The normalized spacial score (nSPS) is 13.4. The Hall–Kier alpha value is -10.3. The quantitative estimate of drug-likeness (QED) is 0.142. The first-order chi connectivity index (χ1) is 43.8. The maximum absolute atomic E-state index is 16.1. The number of halogens is 2. The molecule has 9 heteroatoms. The monoisotopic (exact) mass is 1200 g/mol. The van der Waals surface area contributed by atoms with Gasteiger partial charge in [-0.15, -0.1) is 0 Å². The van der Waals surface area contributed by atoms with Gasteiger partial charge in [0.2, 0.25) is 0 Å². The predicted octanol–water partition coefficient (Wildman–Crippen LogP) is 21.9. The zero-order valence-corrected chi connectivity index (χ0v) is 52.6. The minimum atomic E-state index is -1.76. The van der Waals surface area contributed by atoms with Crippen LogP contribution < -0.4 is 20.2 Å². The zero-order chi connectivity index (χ0) is 60.7. The van der Waals surface area contributed by atoms with Crippen molar-refractivity contribution in [1.82, 2.24) is 4.57 Å². The van der Waals surface area contributed by atoms with E-state index in [1.165, 1.54) is 38.8 Å². The molecule has 13 aromatic carbocycles. The lowest BCUT2D eigenvalue weighted by molar-refractivity contribution is 0.584. The van der Waals surface area contributed by atoms with E-state index in [1.807, 2.05) is 24.3 Å². The molecule has 4 heterocycles. The Labute approximate surface area is 520 Å². The van der Waals surface area contributed by atoms with E-state index < -0.39 is 33.2 Å². The second kappa shape index (κ2) is 18.9. The van der Waals surface area contributed by atoms with Gasteiger partial charge in [-0.05, 0) is 117 Å². The van der Waals surface area contributed by atoms with Gasteiger partial charge >= 0.3 is 0 Å². The van der Waals surface area contributed by atoms with E-state index in [9.17, 15) is 0 Å². The number of nitrogens with zero attached hydrogens (tertiary/aromatic N) is 3. The van der Waals surface area contributed by atoms with Crippen LogP contribution in [0.5, 0.6) is 0 Å². The van der Waals surface area contributed by atoms with Gasteiger partial charge in [0.15, 0.2) is 34.0 Å². The Bertz CT molecular complexity index is 5480. The number of hydrogen-bond acceptors (Lipinski definition) is 4. The number of hydrogen-bond donors (Lipinski definition) is 0. The lowest BCUT2D eigenvalue weighted by Crippen LogP contribution is -2.37. The second-order valence-corrected chi connectivity index (χ2v) is 36.7. The van der Waals surface area contributed by atoms with Crippen molar-refractivity contribution in [2.45, 2.75) is 44.7 Å². The maximum Gasteiger partial charge on any atom is 0.171 e. The summed E-state index contributed by atoms with van der Waals surface area (Å²) in [5.41, 5.74) is 16.4. The number of para-hydroxylation sites is 7. The smallest absolute Gasteiger partial charge is 0.171 e. The first-order valence-electron chi connectivity index (χ1n) is 31.0.